The summed E-state index contributed by atoms with van der Waals surface area (Å²) in [7, 11) is 2.19. The van der Waals surface area contributed by atoms with Gasteiger partial charge in [0.05, 0.1) is 6.20 Å². The molecule has 0 spiro atoms. The number of carbonyl (C=O) groups is 1. The van der Waals surface area contributed by atoms with E-state index in [-0.39, 0.29) is 5.91 Å². The molecule has 5 heteroatoms. The molecule has 5 nitrogen and oxygen atoms in total. The number of aromatic nitrogens is 1. The monoisotopic (exact) mass is 325 g/mol. The first-order valence-electron chi connectivity index (χ1n) is 8.74. The van der Waals surface area contributed by atoms with Crippen molar-refractivity contribution in [3.05, 3.63) is 42.4 Å². The number of carbonyl (C=O) groups excluding carboxylic acids is 1. The average Bonchev–Trinajstić information content (AvgIpc) is 3.35. The van der Waals surface area contributed by atoms with Crippen LogP contribution in [0.25, 0.3) is 11.3 Å². The van der Waals surface area contributed by atoms with Crippen molar-refractivity contribution in [1.82, 2.24) is 14.8 Å². The van der Waals surface area contributed by atoms with Crippen molar-refractivity contribution < 1.29 is 9.21 Å². The molecular weight excluding hydrogens is 302 g/mol. The lowest BCUT2D eigenvalue weighted by Gasteiger charge is -2.33. The Kier molecular flexibility index (Phi) is 4.10. The zero-order chi connectivity index (χ0) is 16.5. The summed E-state index contributed by atoms with van der Waals surface area (Å²) in [6.45, 7) is 2.02. The van der Waals surface area contributed by atoms with Gasteiger partial charge in [-0.2, -0.15) is 0 Å². The third-order valence-electron chi connectivity index (χ3n) is 5.43. The van der Waals surface area contributed by atoms with E-state index >= 15 is 0 Å². The molecule has 0 radical (unpaired) electrons. The Balaban J connectivity index is 1.52. The number of hydrogen-bond donors (Lipinski definition) is 0. The quantitative estimate of drug-likeness (QED) is 0.870. The molecule has 3 heterocycles. The van der Waals surface area contributed by atoms with Crippen LogP contribution >= 0.6 is 0 Å². The fourth-order valence-corrected chi connectivity index (χ4v) is 4.17. The van der Waals surface area contributed by atoms with E-state index in [1.54, 1.807) is 6.20 Å². The van der Waals surface area contributed by atoms with E-state index < -0.39 is 0 Å². The van der Waals surface area contributed by atoms with Gasteiger partial charge >= 0.3 is 0 Å². The van der Waals surface area contributed by atoms with Crippen LogP contribution in [0.5, 0.6) is 0 Å². The van der Waals surface area contributed by atoms with Crippen LogP contribution in [0.3, 0.4) is 0 Å². The van der Waals surface area contributed by atoms with Crippen molar-refractivity contribution in [2.75, 3.05) is 20.1 Å². The summed E-state index contributed by atoms with van der Waals surface area (Å²) in [4.78, 5) is 21.4. The number of amides is 1. The molecule has 2 unspecified atom stereocenters. The fourth-order valence-electron chi connectivity index (χ4n) is 4.17. The standard InChI is InChI=1S/C19H23N3O2/c1-21-10-2-4-16(21)17-5-3-11-22(17)19(23)15-8-6-14(7-9-15)18-12-20-13-24-18/h6-9,12-13,16-17H,2-5,10-11H2,1H3. The fraction of sp³-hybridized carbons (Fsp3) is 0.474. The molecule has 126 valence electrons. The van der Waals surface area contributed by atoms with Crippen molar-refractivity contribution in [3.63, 3.8) is 0 Å². The molecule has 2 atom stereocenters. The summed E-state index contributed by atoms with van der Waals surface area (Å²) in [6.07, 6.45) is 7.78. The highest BCUT2D eigenvalue weighted by Crippen LogP contribution is 2.30. The van der Waals surface area contributed by atoms with E-state index in [2.05, 4.69) is 21.8 Å². The largest absolute Gasteiger partial charge is 0.444 e. The first kappa shape index (κ1) is 15.4. The van der Waals surface area contributed by atoms with Crippen molar-refractivity contribution in [2.45, 2.75) is 37.8 Å². The molecule has 2 fully saturated rings. The molecule has 24 heavy (non-hydrogen) atoms. The Morgan fingerprint density at radius 2 is 1.88 bits per heavy atom. The Morgan fingerprint density at radius 1 is 1.12 bits per heavy atom. The van der Waals surface area contributed by atoms with Crippen molar-refractivity contribution in [2.24, 2.45) is 0 Å². The third kappa shape index (κ3) is 2.73. The third-order valence-corrected chi connectivity index (χ3v) is 5.43. The normalized spacial score (nSPS) is 24.6. The van der Waals surface area contributed by atoms with Gasteiger partial charge in [-0.25, -0.2) is 4.98 Å². The molecule has 4 rings (SSSR count). The van der Waals surface area contributed by atoms with E-state index in [0.717, 1.165) is 42.8 Å². The maximum atomic E-state index is 13.0. The summed E-state index contributed by atoms with van der Waals surface area (Å²) in [5.41, 5.74) is 1.70. The molecule has 0 N–H and O–H groups in total. The Bertz CT molecular complexity index is 696. The second kappa shape index (κ2) is 6.40. The molecule has 0 bridgehead atoms. The van der Waals surface area contributed by atoms with Gasteiger partial charge in [0.15, 0.2) is 12.2 Å². The highest BCUT2D eigenvalue weighted by Gasteiger charge is 2.38. The average molecular weight is 325 g/mol. The van der Waals surface area contributed by atoms with Crippen LogP contribution in [-0.2, 0) is 0 Å². The smallest absolute Gasteiger partial charge is 0.254 e. The summed E-state index contributed by atoms with van der Waals surface area (Å²) in [5.74, 6) is 0.877. The van der Waals surface area contributed by atoms with E-state index in [1.165, 1.54) is 19.2 Å². The number of rotatable bonds is 3. The van der Waals surface area contributed by atoms with Crippen molar-refractivity contribution >= 4 is 5.91 Å². The number of likely N-dealkylation sites (tertiary alicyclic amines) is 2. The number of benzene rings is 1. The lowest BCUT2D eigenvalue weighted by molar-refractivity contribution is 0.0664. The molecule has 0 aliphatic carbocycles. The topological polar surface area (TPSA) is 49.6 Å². The van der Waals surface area contributed by atoms with Gasteiger partial charge in [-0.15, -0.1) is 0 Å². The highest BCUT2D eigenvalue weighted by molar-refractivity contribution is 5.95. The first-order chi connectivity index (χ1) is 11.7. The van der Waals surface area contributed by atoms with E-state index in [1.807, 2.05) is 24.3 Å². The highest BCUT2D eigenvalue weighted by atomic mass is 16.3. The number of hydrogen-bond acceptors (Lipinski definition) is 4. The zero-order valence-corrected chi connectivity index (χ0v) is 14.0. The Labute approximate surface area is 142 Å². The van der Waals surface area contributed by atoms with E-state index in [4.69, 9.17) is 4.42 Å². The van der Waals surface area contributed by atoms with Crippen molar-refractivity contribution in [1.29, 1.82) is 0 Å². The van der Waals surface area contributed by atoms with Gasteiger partial charge in [0, 0.05) is 29.8 Å². The Hall–Kier alpha value is -2.14. The first-order valence-corrected chi connectivity index (χ1v) is 8.74. The second-order valence-corrected chi connectivity index (χ2v) is 6.84. The minimum absolute atomic E-state index is 0.155. The molecule has 2 aromatic rings. The molecule has 2 saturated heterocycles. The summed E-state index contributed by atoms with van der Waals surface area (Å²) in [6, 6.07) is 8.53. The molecule has 0 saturated carbocycles. The van der Waals surface area contributed by atoms with Crippen LogP contribution < -0.4 is 0 Å². The molecular formula is C19H23N3O2. The minimum atomic E-state index is 0.155. The van der Waals surface area contributed by atoms with Crippen LogP contribution in [0.15, 0.2) is 41.3 Å². The van der Waals surface area contributed by atoms with Gasteiger partial charge in [0.1, 0.15) is 0 Å². The Morgan fingerprint density at radius 3 is 2.54 bits per heavy atom. The summed E-state index contributed by atoms with van der Waals surface area (Å²) in [5, 5.41) is 0. The van der Waals surface area contributed by atoms with Gasteiger partial charge in [-0.3, -0.25) is 4.79 Å². The minimum Gasteiger partial charge on any atom is -0.444 e. The summed E-state index contributed by atoms with van der Waals surface area (Å²) >= 11 is 0. The second-order valence-electron chi connectivity index (χ2n) is 6.84. The van der Waals surface area contributed by atoms with Gasteiger partial charge in [0.25, 0.3) is 5.91 Å². The molecule has 1 aromatic heterocycles. The molecule has 2 aliphatic heterocycles. The molecule has 1 aromatic carbocycles. The van der Waals surface area contributed by atoms with Gasteiger partial charge in [-0.05, 0) is 51.4 Å². The van der Waals surface area contributed by atoms with Crippen LogP contribution in [0, 0.1) is 0 Å². The van der Waals surface area contributed by atoms with Crippen molar-refractivity contribution in [3.8, 4) is 11.3 Å². The van der Waals surface area contributed by atoms with Gasteiger partial charge in [0.2, 0.25) is 0 Å². The van der Waals surface area contributed by atoms with E-state index in [0.29, 0.717) is 12.1 Å². The predicted molar refractivity (Wildman–Crippen MR) is 91.6 cm³/mol. The van der Waals surface area contributed by atoms with Crippen LogP contribution in [0.1, 0.15) is 36.0 Å². The summed E-state index contributed by atoms with van der Waals surface area (Å²) < 4.78 is 5.30. The molecule has 1 amide bonds. The van der Waals surface area contributed by atoms with E-state index in [9.17, 15) is 4.79 Å². The van der Waals surface area contributed by atoms with Crippen LogP contribution in [0.2, 0.25) is 0 Å². The predicted octanol–water partition coefficient (Wildman–Crippen LogP) is 3.04. The SMILES string of the molecule is CN1CCCC1C1CCCN1C(=O)c1ccc(-c2cnco2)cc1. The number of nitrogens with zero attached hydrogens (tertiary/aromatic N) is 3. The lowest BCUT2D eigenvalue weighted by Crippen LogP contribution is -2.47. The zero-order valence-electron chi connectivity index (χ0n) is 14.0. The maximum Gasteiger partial charge on any atom is 0.254 e. The molecule has 2 aliphatic rings. The van der Waals surface area contributed by atoms with Crippen LogP contribution in [0.4, 0.5) is 0 Å². The number of oxazole rings is 1. The lowest BCUT2D eigenvalue weighted by atomic mass is 10.0. The van der Waals surface area contributed by atoms with Gasteiger partial charge in [-0.1, -0.05) is 12.1 Å². The number of likely N-dealkylation sites (N-methyl/N-ethyl adjacent to an activating group) is 1. The van der Waals surface area contributed by atoms with Crippen LogP contribution in [-0.4, -0.2) is 52.9 Å². The van der Waals surface area contributed by atoms with Gasteiger partial charge < -0.3 is 14.2 Å². The maximum absolute atomic E-state index is 13.0.